The standard InChI is InChI=1S/C22H30N6O2/c1-12-16(27-8-7-13(10-27)19(25-4)22(2,3)11-23)9-15(24)17-18(12)28(14-5-6-14)21(30)26-20(17)29/h9,13-14,19,25H,5-8,10,24H2,1-4H3,(H,26,29,30). The average Bonchev–Trinajstić information content (AvgIpc) is 3.41. The summed E-state index contributed by atoms with van der Waals surface area (Å²) < 4.78 is 1.72. The highest BCUT2D eigenvalue weighted by Gasteiger charge is 2.39. The summed E-state index contributed by atoms with van der Waals surface area (Å²) in [5, 5.41) is 13.3. The second-order valence-electron chi connectivity index (χ2n) is 9.29. The van der Waals surface area contributed by atoms with Crippen LogP contribution >= 0.6 is 0 Å². The van der Waals surface area contributed by atoms with Crippen molar-refractivity contribution in [2.75, 3.05) is 30.8 Å². The zero-order valence-corrected chi connectivity index (χ0v) is 18.1. The highest BCUT2D eigenvalue weighted by atomic mass is 16.2. The molecule has 2 fully saturated rings. The second kappa shape index (κ2) is 7.17. The number of hydrogen-bond acceptors (Lipinski definition) is 6. The van der Waals surface area contributed by atoms with Gasteiger partial charge in [-0.2, -0.15) is 5.26 Å². The van der Waals surface area contributed by atoms with E-state index in [9.17, 15) is 14.9 Å². The predicted octanol–water partition coefficient (Wildman–Crippen LogP) is 1.88. The van der Waals surface area contributed by atoms with Gasteiger partial charge in [-0.25, -0.2) is 4.79 Å². The number of H-pyrrole nitrogens is 1. The SMILES string of the molecule is CNC(C1CCN(c2cc(N)c3c(=O)[nH]c(=O)n(C4CC4)c3c2C)C1)C(C)(C)C#N. The molecule has 30 heavy (non-hydrogen) atoms. The van der Waals surface area contributed by atoms with Crippen molar-refractivity contribution in [3.8, 4) is 6.07 Å². The van der Waals surface area contributed by atoms with Gasteiger partial charge < -0.3 is 16.0 Å². The summed E-state index contributed by atoms with van der Waals surface area (Å²) in [6.45, 7) is 7.54. The Morgan fingerprint density at radius 1 is 1.33 bits per heavy atom. The van der Waals surface area contributed by atoms with Gasteiger partial charge in [-0.3, -0.25) is 14.3 Å². The lowest BCUT2D eigenvalue weighted by atomic mass is 9.78. The minimum absolute atomic E-state index is 0.0677. The first-order valence-electron chi connectivity index (χ1n) is 10.6. The number of rotatable bonds is 5. The number of nitrogens with two attached hydrogens (primary N) is 1. The Labute approximate surface area is 175 Å². The van der Waals surface area contributed by atoms with Gasteiger partial charge in [0.15, 0.2) is 0 Å². The van der Waals surface area contributed by atoms with E-state index in [0.717, 1.165) is 43.6 Å². The molecule has 1 saturated carbocycles. The van der Waals surface area contributed by atoms with Crippen LogP contribution in [0.4, 0.5) is 11.4 Å². The molecular weight excluding hydrogens is 380 g/mol. The molecule has 2 atom stereocenters. The molecule has 1 aromatic carbocycles. The van der Waals surface area contributed by atoms with E-state index in [0.29, 0.717) is 22.5 Å². The number of nitrogen functional groups attached to an aromatic ring is 1. The summed E-state index contributed by atoms with van der Waals surface area (Å²) in [6.07, 6.45) is 2.83. The van der Waals surface area contributed by atoms with E-state index in [1.165, 1.54) is 0 Å². The smallest absolute Gasteiger partial charge is 0.329 e. The fourth-order valence-corrected chi connectivity index (χ4v) is 5.18. The molecule has 4 N–H and O–H groups in total. The van der Waals surface area contributed by atoms with Gasteiger partial charge in [0.25, 0.3) is 5.56 Å². The molecule has 0 bridgehead atoms. The van der Waals surface area contributed by atoms with Crippen molar-refractivity contribution in [1.29, 1.82) is 5.26 Å². The van der Waals surface area contributed by atoms with Gasteiger partial charge in [0.05, 0.1) is 22.4 Å². The Morgan fingerprint density at radius 3 is 2.63 bits per heavy atom. The Hall–Kier alpha value is -2.79. The topological polar surface area (TPSA) is 120 Å². The second-order valence-corrected chi connectivity index (χ2v) is 9.29. The van der Waals surface area contributed by atoms with E-state index in [1.807, 2.05) is 33.9 Å². The molecule has 4 rings (SSSR count). The fourth-order valence-electron chi connectivity index (χ4n) is 5.18. The molecule has 1 aromatic heterocycles. The first-order valence-corrected chi connectivity index (χ1v) is 10.6. The molecule has 0 spiro atoms. The largest absolute Gasteiger partial charge is 0.398 e. The number of hydrogen-bond donors (Lipinski definition) is 3. The van der Waals surface area contributed by atoms with Crippen LogP contribution in [0.3, 0.4) is 0 Å². The molecule has 0 amide bonds. The Balaban J connectivity index is 1.79. The average molecular weight is 411 g/mol. The maximum atomic E-state index is 12.6. The molecule has 2 aromatic rings. The molecule has 0 radical (unpaired) electrons. The van der Waals surface area contributed by atoms with E-state index in [1.54, 1.807) is 4.57 Å². The van der Waals surface area contributed by atoms with Crippen molar-refractivity contribution in [3.63, 3.8) is 0 Å². The number of nitrogens with one attached hydrogen (secondary N) is 2. The first-order chi connectivity index (χ1) is 14.2. The molecule has 160 valence electrons. The molecular formula is C22H30N6O2. The summed E-state index contributed by atoms with van der Waals surface area (Å²) in [5.74, 6) is 0.311. The quantitative estimate of drug-likeness (QED) is 0.648. The van der Waals surface area contributed by atoms with Gasteiger partial charge in [0.2, 0.25) is 0 Å². The van der Waals surface area contributed by atoms with Crippen LogP contribution in [0.5, 0.6) is 0 Å². The monoisotopic (exact) mass is 410 g/mol. The Morgan fingerprint density at radius 2 is 2.03 bits per heavy atom. The fraction of sp³-hybridized carbons (Fsp3) is 0.591. The molecule has 1 saturated heterocycles. The highest BCUT2D eigenvalue weighted by molar-refractivity contribution is 5.96. The number of anilines is 2. The van der Waals surface area contributed by atoms with Crippen LogP contribution in [0, 0.1) is 29.6 Å². The zero-order chi connectivity index (χ0) is 21.8. The number of nitrogens with zero attached hydrogens (tertiary/aromatic N) is 3. The van der Waals surface area contributed by atoms with Crippen LogP contribution in [0.1, 0.15) is 44.7 Å². The van der Waals surface area contributed by atoms with Gasteiger partial charge in [-0.15, -0.1) is 0 Å². The lowest BCUT2D eigenvalue weighted by Crippen LogP contribution is -2.46. The maximum absolute atomic E-state index is 12.6. The third-order valence-corrected chi connectivity index (χ3v) is 6.79. The van der Waals surface area contributed by atoms with Gasteiger partial charge in [-0.05, 0) is 64.6 Å². The van der Waals surface area contributed by atoms with Crippen LogP contribution in [0.15, 0.2) is 15.7 Å². The van der Waals surface area contributed by atoms with E-state index in [2.05, 4.69) is 21.3 Å². The summed E-state index contributed by atoms with van der Waals surface area (Å²) >= 11 is 0. The highest BCUT2D eigenvalue weighted by Crippen LogP contribution is 2.40. The number of nitriles is 1. The third-order valence-electron chi connectivity index (χ3n) is 6.79. The molecule has 2 unspecified atom stereocenters. The summed E-state index contributed by atoms with van der Waals surface area (Å²) in [4.78, 5) is 29.8. The Bertz CT molecular complexity index is 1150. The van der Waals surface area contributed by atoms with Crippen molar-refractivity contribution in [2.24, 2.45) is 11.3 Å². The van der Waals surface area contributed by atoms with Crippen molar-refractivity contribution in [2.45, 2.75) is 52.1 Å². The van der Waals surface area contributed by atoms with Crippen molar-refractivity contribution in [3.05, 3.63) is 32.5 Å². The van der Waals surface area contributed by atoms with Crippen LogP contribution in [0.25, 0.3) is 10.9 Å². The molecule has 2 heterocycles. The third kappa shape index (κ3) is 3.18. The van der Waals surface area contributed by atoms with Crippen molar-refractivity contribution in [1.82, 2.24) is 14.9 Å². The predicted molar refractivity (Wildman–Crippen MR) is 119 cm³/mol. The maximum Gasteiger partial charge on any atom is 0.329 e. The molecule has 8 heteroatoms. The first kappa shape index (κ1) is 20.5. The minimum atomic E-state index is -0.480. The van der Waals surface area contributed by atoms with Crippen LogP contribution in [-0.4, -0.2) is 35.7 Å². The molecule has 1 aliphatic carbocycles. The van der Waals surface area contributed by atoms with Gasteiger partial charge in [0.1, 0.15) is 0 Å². The lowest BCUT2D eigenvalue weighted by molar-refractivity contribution is 0.253. The van der Waals surface area contributed by atoms with Crippen LogP contribution in [0.2, 0.25) is 0 Å². The van der Waals surface area contributed by atoms with E-state index >= 15 is 0 Å². The Kier molecular flexibility index (Phi) is 4.89. The van der Waals surface area contributed by atoms with Gasteiger partial charge in [0, 0.05) is 36.5 Å². The summed E-state index contributed by atoms with van der Waals surface area (Å²) in [5.41, 5.74) is 7.99. The van der Waals surface area contributed by atoms with Crippen molar-refractivity contribution < 1.29 is 0 Å². The summed E-state index contributed by atoms with van der Waals surface area (Å²) in [7, 11) is 1.91. The number of benzene rings is 1. The molecule has 2 aliphatic rings. The number of aromatic amines is 1. The number of fused-ring (bicyclic) bond motifs is 1. The minimum Gasteiger partial charge on any atom is -0.398 e. The number of aromatic nitrogens is 2. The van der Waals surface area contributed by atoms with E-state index < -0.39 is 11.0 Å². The van der Waals surface area contributed by atoms with E-state index in [4.69, 9.17) is 5.73 Å². The van der Waals surface area contributed by atoms with Crippen molar-refractivity contribution >= 4 is 22.3 Å². The van der Waals surface area contributed by atoms with E-state index in [-0.39, 0.29) is 17.8 Å². The van der Waals surface area contributed by atoms with Gasteiger partial charge >= 0.3 is 5.69 Å². The number of aryl methyl sites for hydroxylation is 1. The van der Waals surface area contributed by atoms with Crippen LogP contribution < -0.4 is 27.2 Å². The summed E-state index contributed by atoms with van der Waals surface area (Å²) in [6, 6.07) is 4.49. The normalized spacial score (nSPS) is 20.5. The lowest BCUT2D eigenvalue weighted by Gasteiger charge is -2.33. The zero-order valence-electron chi connectivity index (χ0n) is 18.1. The molecule has 8 nitrogen and oxygen atoms in total. The van der Waals surface area contributed by atoms with Crippen LogP contribution in [-0.2, 0) is 0 Å². The molecule has 1 aliphatic heterocycles. The van der Waals surface area contributed by atoms with Gasteiger partial charge in [-0.1, -0.05) is 0 Å².